The summed E-state index contributed by atoms with van der Waals surface area (Å²) in [6.07, 6.45) is 3.34. The average molecular weight is 431 g/mol. The molecule has 0 spiro atoms. The molecule has 9 heteroatoms. The molecule has 1 aromatic rings. The summed E-state index contributed by atoms with van der Waals surface area (Å²) >= 11 is 0. The Balaban J connectivity index is 1.56. The second-order valence-electron chi connectivity index (χ2n) is 8.27. The third-order valence-electron chi connectivity index (χ3n) is 5.67. The van der Waals surface area contributed by atoms with Crippen molar-refractivity contribution >= 4 is 23.8 Å². The molecule has 3 rings (SSSR count). The van der Waals surface area contributed by atoms with Crippen molar-refractivity contribution in [3.8, 4) is 0 Å². The van der Waals surface area contributed by atoms with Gasteiger partial charge in [0.25, 0.3) is 0 Å². The zero-order valence-electron chi connectivity index (χ0n) is 17.5. The molecule has 0 unspecified atom stereocenters. The van der Waals surface area contributed by atoms with E-state index < -0.39 is 30.0 Å². The molecule has 0 aromatic heterocycles. The highest BCUT2D eigenvalue weighted by atomic mass is 16.5. The highest BCUT2D eigenvalue weighted by molar-refractivity contribution is 5.91. The number of nitrogens with one attached hydrogen (secondary N) is 3. The van der Waals surface area contributed by atoms with Gasteiger partial charge in [-0.05, 0) is 37.2 Å². The van der Waals surface area contributed by atoms with Crippen molar-refractivity contribution in [1.29, 1.82) is 0 Å². The molecule has 31 heavy (non-hydrogen) atoms. The monoisotopic (exact) mass is 430 g/mol. The maximum atomic E-state index is 12.9. The maximum absolute atomic E-state index is 12.9. The molecule has 1 heterocycles. The molecular weight excluding hydrogens is 400 g/mol. The van der Waals surface area contributed by atoms with Crippen LogP contribution in [-0.4, -0.2) is 42.4 Å². The third-order valence-corrected chi connectivity index (χ3v) is 5.67. The highest BCUT2D eigenvalue weighted by Gasteiger charge is 2.34. The number of rotatable bonds is 10. The number of nitrogens with two attached hydrogens (primary N) is 1. The number of carbonyl (C=O) groups excluding carboxylic acids is 4. The van der Waals surface area contributed by atoms with Gasteiger partial charge < -0.3 is 26.4 Å². The summed E-state index contributed by atoms with van der Waals surface area (Å²) in [4.78, 5) is 49.0. The summed E-state index contributed by atoms with van der Waals surface area (Å²) in [6, 6.07) is 7.41. The van der Waals surface area contributed by atoms with Crippen LogP contribution in [0, 0.1) is 11.8 Å². The van der Waals surface area contributed by atoms with Gasteiger partial charge in [-0.15, -0.1) is 0 Å². The maximum Gasteiger partial charge on any atom is 0.408 e. The zero-order valence-corrected chi connectivity index (χ0v) is 17.5. The molecule has 2 fully saturated rings. The largest absolute Gasteiger partial charge is 0.445 e. The first kappa shape index (κ1) is 22.6. The molecule has 9 nitrogen and oxygen atoms in total. The molecule has 4 amide bonds. The molecule has 2 aliphatic rings. The van der Waals surface area contributed by atoms with Crippen LogP contribution in [0.4, 0.5) is 4.79 Å². The predicted octanol–water partition coefficient (Wildman–Crippen LogP) is 0.968. The quantitative estimate of drug-likeness (QED) is 0.438. The minimum absolute atomic E-state index is 0.0884. The van der Waals surface area contributed by atoms with Gasteiger partial charge in [0.05, 0.1) is 0 Å². The van der Waals surface area contributed by atoms with E-state index in [9.17, 15) is 19.2 Å². The number of hydrogen-bond donors (Lipinski definition) is 4. The normalized spacial score (nSPS) is 20.1. The first-order valence-corrected chi connectivity index (χ1v) is 10.8. The number of ether oxygens (including phenoxy) is 1. The van der Waals surface area contributed by atoms with Gasteiger partial charge >= 0.3 is 6.09 Å². The molecule has 3 atom stereocenters. The van der Waals surface area contributed by atoms with E-state index in [1.54, 1.807) is 0 Å². The summed E-state index contributed by atoms with van der Waals surface area (Å²) in [5.41, 5.74) is 6.31. The van der Waals surface area contributed by atoms with Crippen molar-refractivity contribution in [2.45, 2.75) is 57.2 Å². The predicted molar refractivity (Wildman–Crippen MR) is 112 cm³/mol. The molecule has 0 radical (unpaired) electrons. The fraction of sp³-hybridized carbons (Fsp3) is 0.545. The summed E-state index contributed by atoms with van der Waals surface area (Å²) < 4.78 is 5.22. The first-order valence-electron chi connectivity index (χ1n) is 10.8. The first-order chi connectivity index (χ1) is 14.9. The van der Waals surface area contributed by atoms with E-state index in [-0.39, 0.29) is 24.9 Å². The Bertz CT molecular complexity index is 796. The lowest BCUT2D eigenvalue weighted by atomic mass is 9.91. The van der Waals surface area contributed by atoms with Gasteiger partial charge in [-0.2, -0.15) is 0 Å². The van der Waals surface area contributed by atoms with Crippen LogP contribution in [0.3, 0.4) is 0 Å². The number of hydrogen-bond acceptors (Lipinski definition) is 5. The van der Waals surface area contributed by atoms with Crippen LogP contribution in [0.1, 0.15) is 44.1 Å². The molecule has 168 valence electrons. The average Bonchev–Trinajstić information content (AvgIpc) is 3.57. The van der Waals surface area contributed by atoms with Crippen LogP contribution in [0.15, 0.2) is 30.3 Å². The van der Waals surface area contributed by atoms with E-state index in [0.29, 0.717) is 25.3 Å². The van der Waals surface area contributed by atoms with Crippen LogP contribution in [0.2, 0.25) is 0 Å². The van der Waals surface area contributed by atoms with Gasteiger partial charge in [-0.25, -0.2) is 4.79 Å². The Morgan fingerprint density at radius 1 is 1.06 bits per heavy atom. The van der Waals surface area contributed by atoms with E-state index in [2.05, 4.69) is 16.0 Å². The van der Waals surface area contributed by atoms with Crippen LogP contribution in [0.5, 0.6) is 0 Å². The number of alkyl carbamates (subject to hydrolysis) is 1. The van der Waals surface area contributed by atoms with E-state index >= 15 is 0 Å². The van der Waals surface area contributed by atoms with Crippen LogP contribution >= 0.6 is 0 Å². The fourth-order valence-electron chi connectivity index (χ4n) is 3.69. The molecule has 5 N–H and O–H groups in total. The van der Waals surface area contributed by atoms with Gasteiger partial charge in [-0.1, -0.05) is 43.2 Å². The lowest BCUT2D eigenvalue weighted by molar-refractivity contribution is -0.131. The molecular formula is C22H30N4O5. The summed E-state index contributed by atoms with van der Waals surface area (Å²) in [5, 5.41) is 8.01. The van der Waals surface area contributed by atoms with Gasteiger partial charge in [-0.3, -0.25) is 14.4 Å². The second-order valence-corrected chi connectivity index (χ2v) is 8.27. The van der Waals surface area contributed by atoms with Crippen LogP contribution in [-0.2, 0) is 25.7 Å². The number of carbonyl (C=O) groups is 4. The Kier molecular flexibility index (Phi) is 7.86. The van der Waals surface area contributed by atoms with Crippen molar-refractivity contribution in [3.05, 3.63) is 35.9 Å². The molecule has 1 saturated heterocycles. The van der Waals surface area contributed by atoms with Crippen molar-refractivity contribution in [2.24, 2.45) is 17.6 Å². The smallest absolute Gasteiger partial charge is 0.408 e. The van der Waals surface area contributed by atoms with Crippen molar-refractivity contribution in [2.75, 3.05) is 6.54 Å². The van der Waals surface area contributed by atoms with Crippen molar-refractivity contribution < 1.29 is 23.9 Å². The minimum Gasteiger partial charge on any atom is -0.445 e. The van der Waals surface area contributed by atoms with Crippen molar-refractivity contribution in [1.82, 2.24) is 16.0 Å². The van der Waals surface area contributed by atoms with E-state index in [1.807, 2.05) is 30.3 Å². The lowest BCUT2D eigenvalue weighted by Crippen LogP contribution is -2.54. The van der Waals surface area contributed by atoms with Gasteiger partial charge in [0.15, 0.2) is 0 Å². The molecule has 1 aliphatic heterocycles. The Hall–Kier alpha value is -3.10. The van der Waals surface area contributed by atoms with Gasteiger partial charge in [0.1, 0.15) is 18.7 Å². The second kappa shape index (κ2) is 10.8. The van der Waals surface area contributed by atoms with E-state index in [0.717, 1.165) is 24.8 Å². The Morgan fingerprint density at radius 2 is 1.81 bits per heavy atom. The standard InChI is InChI=1S/C22H30N4O5/c23-19(27)17(12-16-7-4-10-24-20(16)28)25-21(29)18(11-14-8-9-14)26-22(30)31-13-15-5-2-1-3-6-15/h1-3,5-6,14,16-18H,4,7-13H2,(H2,23,27)(H,24,28)(H,25,29)(H,26,30)/t16-,17-,18-/m0/s1. The Morgan fingerprint density at radius 3 is 2.45 bits per heavy atom. The summed E-state index contributed by atoms with van der Waals surface area (Å²) in [5.74, 6) is -1.37. The van der Waals surface area contributed by atoms with Crippen LogP contribution in [0.25, 0.3) is 0 Å². The fourth-order valence-corrected chi connectivity index (χ4v) is 3.69. The SMILES string of the molecule is NC(=O)[C@H](C[C@@H]1CCCNC1=O)NC(=O)[C@H](CC1CC1)NC(=O)OCc1ccccc1. The molecule has 1 aromatic carbocycles. The topological polar surface area (TPSA) is 140 Å². The molecule has 1 saturated carbocycles. The zero-order chi connectivity index (χ0) is 22.2. The Labute approximate surface area is 181 Å². The van der Waals surface area contributed by atoms with Gasteiger partial charge in [0.2, 0.25) is 17.7 Å². The minimum atomic E-state index is -0.981. The number of amides is 4. The third kappa shape index (κ3) is 7.27. The number of piperidine rings is 1. The number of benzene rings is 1. The van der Waals surface area contributed by atoms with Gasteiger partial charge in [0, 0.05) is 12.5 Å². The summed E-state index contributed by atoms with van der Waals surface area (Å²) in [6.45, 7) is 0.701. The van der Waals surface area contributed by atoms with Crippen molar-refractivity contribution in [3.63, 3.8) is 0 Å². The summed E-state index contributed by atoms with van der Waals surface area (Å²) in [7, 11) is 0. The lowest BCUT2D eigenvalue weighted by Gasteiger charge is -2.26. The van der Waals surface area contributed by atoms with Crippen LogP contribution < -0.4 is 21.7 Å². The molecule has 0 bridgehead atoms. The number of primary amides is 1. The van der Waals surface area contributed by atoms with E-state index in [1.165, 1.54) is 0 Å². The highest BCUT2D eigenvalue weighted by Crippen LogP contribution is 2.33. The molecule has 1 aliphatic carbocycles. The van der Waals surface area contributed by atoms with E-state index in [4.69, 9.17) is 10.5 Å².